The molecule has 0 aliphatic carbocycles. The van der Waals surface area contributed by atoms with E-state index < -0.39 is 5.79 Å². The monoisotopic (exact) mass is 365 g/mol. The highest BCUT2D eigenvalue weighted by Crippen LogP contribution is 2.36. The number of halogens is 1. The molecule has 3 rings (SSSR count). The quantitative estimate of drug-likeness (QED) is 0.831. The standard InChI is InChI=1S/C20H27NO3.ClH/c1-3-20(10-5-11-21)23-13-16(14-24-20)18-7-4-6-15-12-17(22-2)8-9-19(15)18;/h4,6-9,12,16H,3,5,10-11,13-14,21H2,1-2H3;1H. The first-order valence-electron chi connectivity index (χ1n) is 8.76. The molecule has 0 unspecified atom stereocenters. The molecule has 1 saturated heterocycles. The fourth-order valence-electron chi connectivity index (χ4n) is 3.44. The van der Waals surface area contributed by atoms with Gasteiger partial charge in [0.05, 0.1) is 20.3 Å². The van der Waals surface area contributed by atoms with Gasteiger partial charge in [0.2, 0.25) is 0 Å². The largest absolute Gasteiger partial charge is 0.497 e. The highest BCUT2D eigenvalue weighted by molar-refractivity contribution is 5.87. The molecule has 0 radical (unpaired) electrons. The van der Waals surface area contributed by atoms with Gasteiger partial charge in [-0.3, -0.25) is 0 Å². The van der Waals surface area contributed by atoms with E-state index in [1.807, 2.05) is 6.07 Å². The Morgan fingerprint density at radius 2 is 1.96 bits per heavy atom. The van der Waals surface area contributed by atoms with Crippen LogP contribution in [0, 0.1) is 0 Å². The predicted octanol–water partition coefficient (Wildman–Crippen LogP) is 4.25. The molecule has 0 aromatic heterocycles. The summed E-state index contributed by atoms with van der Waals surface area (Å²) in [5.74, 6) is 0.672. The number of benzene rings is 2. The van der Waals surface area contributed by atoms with Gasteiger partial charge in [-0.1, -0.05) is 31.2 Å². The molecule has 2 aromatic rings. The fraction of sp³-hybridized carbons (Fsp3) is 0.500. The van der Waals surface area contributed by atoms with E-state index in [2.05, 4.69) is 37.3 Å². The molecule has 5 heteroatoms. The van der Waals surface area contributed by atoms with E-state index in [0.29, 0.717) is 19.8 Å². The minimum Gasteiger partial charge on any atom is -0.497 e. The van der Waals surface area contributed by atoms with Gasteiger partial charge in [0.25, 0.3) is 0 Å². The zero-order valence-corrected chi connectivity index (χ0v) is 15.8. The first-order valence-corrected chi connectivity index (χ1v) is 8.76. The number of methoxy groups -OCH3 is 1. The Balaban J connectivity index is 0.00000225. The summed E-state index contributed by atoms with van der Waals surface area (Å²) >= 11 is 0. The van der Waals surface area contributed by atoms with Crippen LogP contribution in [-0.4, -0.2) is 32.7 Å². The predicted molar refractivity (Wildman–Crippen MR) is 104 cm³/mol. The Kier molecular flexibility index (Phi) is 7.08. The molecule has 1 aliphatic heterocycles. The number of fused-ring (bicyclic) bond motifs is 1. The lowest BCUT2D eigenvalue weighted by atomic mass is 9.93. The van der Waals surface area contributed by atoms with Crippen LogP contribution in [0.25, 0.3) is 10.8 Å². The highest BCUT2D eigenvalue weighted by atomic mass is 35.5. The van der Waals surface area contributed by atoms with Crippen molar-refractivity contribution in [3.8, 4) is 5.75 Å². The Labute approximate surface area is 156 Å². The molecule has 1 aliphatic rings. The molecule has 1 heterocycles. The minimum atomic E-state index is -0.455. The Hall–Kier alpha value is -1.33. The molecule has 0 bridgehead atoms. The first kappa shape index (κ1) is 20.0. The second-order valence-corrected chi connectivity index (χ2v) is 6.41. The first-order chi connectivity index (χ1) is 11.7. The topological polar surface area (TPSA) is 53.7 Å². The van der Waals surface area contributed by atoms with E-state index in [1.54, 1.807) is 7.11 Å². The van der Waals surface area contributed by atoms with E-state index in [9.17, 15) is 0 Å². The van der Waals surface area contributed by atoms with Crippen LogP contribution in [0.4, 0.5) is 0 Å². The zero-order chi connectivity index (χ0) is 17.0. The van der Waals surface area contributed by atoms with Gasteiger partial charge in [-0.25, -0.2) is 0 Å². The minimum absolute atomic E-state index is 0. The summed E-state index contributed by atoms with van der Waals surface area (Å²) < 4.78 is 17.7. The van der Waals surface area contributed by atoms with Crippen molar-refractivity contribution in [3.05, 3.63) is 42.0 Å². The molecule has 0 saturated carbocycles. The Morgan fingerprint density at radius 3 is 2.60 bits per heavy atom. The van der Waals surface area contributed by atoms with Crippen molar-refractivity contribution in [1.82, 2.24) is 0 Å². The summed E-state index contributed by atoms with van der Waals surface area (Å²) in [6.45, 7) is 4.15. The molecule has 0 atom stereocenters. The lowest BCUT2D eigenvalue weighted by molar-refractivity contribution is -0.277. The van der Waals surface area contributed by atoms with E-state index in [-0.39, 0.29) is 18.3 Å². The maximum Gasteiger partial charge on any atom is 0.168 e. The number of hydrogen-bond acceptors (Lipinski definition) is 4. The third-order valence-electron chi connectivity index (χ3n) is 4.96. The zero-order valence-electron chi connectivity index (χ0n) is 15.0. The van der Waals surface area contributed by atoms with Crippen LogP contribution >= 0.6 is 12.4 Å². The van der Waals surface area contributed by atoms with Gasteiger partial charge in [0.15, 0.2) is 5.79 Å². The second-order valence-electron chi connectivity index (χ2n) is 6.41. The lowest BCUT2D eigenvalue weighted by Gasteiger charge is -2.40. The van der Waals surface area contributed by atoms with Crippen LogP contribution in [0.3, 0.4) is 0 Å². The molecule has 25 heavy (non-hydrogen) atoms. The van der Waals surface area contributed by atoms with Gasteiger partial charge < -0.3 is 19.9 Å². The third-order valence-corrected chi connectivity index (χ3v) is 4.96. The molecule has 4 nitrogen and oxygen atoms in total. The molecular weight excluding hydrogens is 338 g/mol. The van der Waals surface area contributed by atoms with Gasteiger partial charge >= 0.3 is 0 Å². The molecule has 138 valence electrons. The van der Waals surface area contributed by atoms with Crippen molar-refractivity contribution in [3.63, 3.8) is 0 Å². The van der Waals surface area contributed by atoms with Crippen LogP contribution in [0.2, 0.25) is 0 Å². The Bertz CT molecular complexity index is 684. The van der Waals surface area contributed by atoms with E-state index in [0.717, 1.165) is 25.0 Å². The maximum atomic E-state index is 6.18. The third kappa shape index (κ3) is 4.26. The highest BCUT2D eigenvalue weighted by Gasteiger charge is 2.36. The summed E-state index contributed by atoms with van der Waals surface area (Å²) in [7, 11) is 1.69. The van der Waals surface area contributed by atoms with E-state index in [4.69, 9.17) is 19.9 Å². The molecule has 0 spiro atoms. The van der Waals surface area contributed by atoms with E-state index >= 15 is 0 Å². The number of nitrogens with two attached hydrogens (primary N) is 1. The van der Waals surface area contributed by atoms with Crippen molar-refractivity contribution in [2.45, 2.75) is 37.9 Å². The maximum absolute atomic E-state index is 6.18. The van der Waals surface area contributed by atoms with Crippen molar-refractivity contribution < 1.29 is 14.2 Å². The van der Waals surface area contributed by atoms with Crippen molar-refractivity contribution in [1.29, 1.82) is 0 Å². The summed E-state index contributed by atoms with van der Waals surface area (Å²) in [5, 5.41) is 2.42. The average molecular weight is 366 g/mol. The van der Waals surface area contributed by atoms with Crippen LogP contribution in [0.15, 0.2) is 36.4 Å². The van der Waals surface area contributed by atoms with E-state index in [1.165, 1.54) is 16.3 Å². The number of ether oxygens (including phenoxy) is 3. The molecule has 1 fully saturated rings. The summed E-state index contributed by atoms with van der Waals surface area (Å²) in [6, 6.07) is 12.6. The van der Waals surface area contributed by atoms with Gasteiger partial charge in [0, 0.05) is 12.3 Å². The summed E-state index contributed by atoms with van der Waals surface area (Å²) in [6.07, 6.45) is 2.64. The normalized spacial score (nSPS) is 23.2. The van der Waals surface area contributed by atoms with Crippen LogP contribution in [-0.2, 0) is 9.47 Å². The lowest BCUT2D eigenvalue weighted by Crippen LogP contribution is -2.43. The summed E-state index contributed by atoms with van der Waals surface area (Å²) in [4.78, 5) is 0. The van der Waals surface area contributed by atoms with Crippen molar-refractivity contribution in [2.75, 3.05) is 26.9 Å². The smallest absolute Gasteiger partial charge is 0.168 e. The molecular formula is C20H28ClNO3. The van der Waals surface area contributed by atoms with Crippen LogP contribution in [0.5, 0.6) is 5.75 Å². The number of hydrogen-bond donors (Lipinski definition) is 1. The van der Waals surface area contributed by atoms with Gasteiger partial charge in [-0.05, 0) is 47.9 Å². The van der Waals surface area contributed by atoms with Crippen molar-refractivity contribution >= 4 is 23.2 Å². The average Bonchev–Trinajstić information content (AvgIpc) is 2.66. The van der Waals surface area contributed by atoms with Crippen LogP contribution in [0.1, 0.15) is 37.7 Å². The van der Waals surface area contributed by atoms with Gasteiger partial charge in [0.1, 0.15) is 5.75 Å². The second kappa shape index (κ2) is 8.86. The van der Waals surface area contributed by atoms with Gasteiger partial charge in [-0.2, -0.15) is 0 Å². The molecule has 0 amide bonds. The molecule has 2 aromatic carbocycles. The van der Waals surface area contributed by atoms with Crippen molar-refractivity contribution in [2.24, 2.45) is 5.73 Å². The SMILES string of the molecule is CCC1(CCCN)OCC(c2cccc3cc(OC)ccc23)CO1.Cl. The number of rotatable bonds is 6. The summed E-state index contributed by atoms with van der Waals surface area (Å²) in [5.41, 5.74) is 6.92. The Morgan fingerprint density at radius 1 is 1.20 bits per heavy atom. The molecule has 2 N–H and O–H groups in total. The van der Waals surface area contributed by atoms with Gasteiger partial charge in [-0.15, -0.1) is 12.4 Å². The van der Waals surface area contributed by atoms with Crippen LogP contribution < -0.4 is 10.5 Å². The fourth-order valence-corrected chi connectivity index (χ4v) is 3.44.